The predicted octanol–water partition coefficient (Wildman–Crippen LogP) is 4.65. The summed E-state index contributed by atoms with van der Waals surface area (Å²) in [5.74, 6) is -1.09. The molecule has 0 unspecified atom stereocenters. The number of benzene rings is 3. The molecule has 9 heteroatoms. The van der Waals surface area contributed by atoms with Crippen LogP contribution in [0.2, 0.25) is 0 Å². The zero-order chi connectivity index (χ0) is 21.5. The van der Waals surface area contributed by atoms with E-state index in [1.165, 1.54) is 24.3 Å². The van der Waals surface area contributed by atoms with Gasteiger partial charge in [0.15, 0.2) is 21.3 Å². The Hall–Kier alpha value is -2.78. The maximum atomic E-state index is 13.1. The molecule has 4 nitrogen and oxygen atoms in total. The topological polar surface area (TPSA) is 60.4 Å². The van der Waals surface area contributed by atoms with Gasteiger partial charge in [-0.2, -0.15) is 13.2 Å². The van der Waals surface area contributed by atoms with Crippen LogP contribution in [-0.4, -0.2) is 27.2 Å². The van der Waals surface area contributed by atoms with Crippen molar-refractivity contribution in [2.45, 2.75) is 30.7 Å². The predicted molar refractivity (Wildman–Crippen MR) is 103 cm³/mol. The molecule has 0 aromatic heterocycles. The molecule has 0 saturated heterocycles. The summed E-state index contributed by atoms with van der Waals surface area (Å²) in [7, 11) is -4.56. The van der Waals surface area contributed by atoms with Crippen LogP contribution in [-0.2, 0) is 25.5 Å². The quantitative estimate of drug-likeness (QED) is 0.336. The molecule has 0 radical (unpaired) electrons. The van der Waals surface area contributed by atoms with Gasteiger partial charge < -0.3 is 4.74 Å². The zero-order valence-electron chi connectivity index (χ0n) is 15.2. The van der Waals surface area contributed by atoms with E-state index in [9.17, 15) is 26.4 Å². The van der Waals surface area contributed by atoms with Crippen molar-refractivity contribution in [1.29, 1.82) is 0 Å². The molecule has 0 bridgehead atoms. The number of esters is 1. The second-order valence-corrected chi connectivity index (χ2v) is 10.3. The SMILES string of the molecule is O=C(OCC(F)(F)F)c1cccc([S+]2c3ccccc3S(=O)(=O)c3ccccc32)c1. The first-order valence-electron chi connectivity index (χ1n) is 8.70. The standard InChI is InChI=1S/C21H14F3O4S2/c22-21(23,24)13-28-20(25)14-6-5-7-15(12-14)29-16-8-1-3-10-18(16)30(26,27)19-11-4-2-9-17(19)29/h1-12H,13H2/q+1. The molecule has 1 aliphatic heterocycles. The minimum atomic E-state index is -4.62. The summed E-state index contributed by atoms with van der Waals surface area (Å²) in [4.78, 5) is 14.2. The lowest BCUT2D eigenvalue weighted by Crippen LogP contribution is -2.21. The summed E-state index contributed by atoms with van der Waals surface area (Å²) in [6.07, 6.45) is -4.62. The van der Waals surface area contributed by atoms with Crippen LogP contribution in [0.25, 0.3) is 0 Å². The molecule has 1 heterocycles. The van der Waals surface area contributed by atoms with Crippen LogP contribution in [0.5, 0.6) is 0 Å². The molecule has 154 valence electrons. The maximum absolute atomic E-state index is 13.1. The van der Waals surface area contributed by atoms with Gasteiger partial charge in [-0.1, -0.05) is 30.3 Å². The number of rotatable bonds is 3. The van der Waals surface area contributed by atoms with Gasteiger partial charge >= 0.3 is 12.1 Å². The minimum Gasteiger partial charge on any atom is -0.452 e. The van der Waals surface area contributed by atoms with Gasteiger partial charge in [0.25, 0.3) is 0 Å². The van der Waals surface area contributed by atoms with Crippen LogP contribution in [0.15, 0.2) is 97.3 Å². The van der Waals surface area contributed by atoms with E-state index in [4.69, 9.17) is 0 Å². The number of sulfone groups is 1. The second-order valence-electron chi connectivity index (χ2n) is 6.42. The largest absolute Gasteiger partial charge is 0.452 e. The van der Waals surface area contributed by atoms with Crippen molar-refractivity contribution < 1.29 is 31.1 Å². The summed E-state index contributed by atoms with van der Waals surface area (Å²) in [5.41, 5.74) is -0.0346. The van der Waals surface area contributed by atoms with E-state index >= 15 is 0 Å². The first-order chi connectivity index (χ1) is 14.2. The van der Waals surface area contributed by atoms with E-state index in [-0.39, 0.29) is 15.4 Å². The molecule has 3 aromatic carbocycles. The van der Waals surface area contributed by atoms with Crippen molar-refractivity contribution in [2.24, 2.45) is 0 Å². The summed E-state index contributed by atoms with van der Waals surface area (Å²) in [5, 5.41) is 0. The lowest BCUT2D eigenvalue weighted by molar-refractivity contribution is -0.161. The number of alkyl halides is 3. The number of hydrogen-bond donors (Lipinski definition) is 0. The van der Waals surface area contributed by atoms with E-state index in [1.807, 2.05) is 0 Å². The lowest BCUT2D eigenvalue weighted by Gasteiger charge is -2.19. The Balaban J connectivity index is 1.82. The third-order valence-electron chi connectivity index (χ3n) is 4.39. The van der Waals surface area contributed by atoms with E-state index in [1.54, 1.807) is 48.5 Å². The van der Waals surface area contributed by atoms with Gasteiger partial charge in [-0.3, -0.25) is 0 Å². The van der Waals surface area contributed by atoms with Gasteiger partial charge in [0.05, 0.1) is 5.56 Å². The molecule has 30 heavy (non-hydrogen) atoms. The highest BCUT2D eigenvalue weighted by molar-refractivity contribution is 8.00. The first-order valence-corrected chi connectivity index (χ1v) is 11.4. The molecule has 0 amide bonds. The second kappa shape index (κ2) is 7.48. The average Bonchev–Trinajstić information content (AvgIpc) is 2.72. The molecule has 0 spiro atoms. The number of carbonyl (C=O) groups excluding carboxylic acids is 1. The highest BCUT2D eigenvalue weighted by atomic mass is 32.2. The number of carbonyl (C=O) groups is 1. The van der Waals surface area contributed by atoms with E-state index in [0.29, 0.717) is 14.7 Å². The Kier molecular flexibility index (Phi) is 5.11. The molecule has 0 saturated carbocycles. The smallest absolute Gasteiger partial charge is 0.422 e. The Bertz CT molecular complexity index is 1180. The Labute approximate surface area is 173 Å². The molecule has 3 aromatic rings. The van der Waals surface area contributed by atoms with Gasteiger partial charge in [-0.15, -0.1) is 0 Å². The summed E-state index contributed by atoms with van der Waals surface area (Å²) >= 11 is 0. The minimum absolute atomic E-state index is 0.0346. The van der Waals surface area contributed by atoms with Crippen molar-refractivity contribution in [3.8, 4) is 0 Å². The molecule has 0 N–H and O–H groups in total. The van der Waals surface area contributed by atoms with Crippen LogP contribution < -0.4 is 0 Å². The first kappa shape index (κ1) is 20.5. The zero-order valence-corrected chi connectivity index (χ0v) is 16.9. The summed E-state index contributed by atoms with van der Waals surface area (Å²) < 4.78 is 67.6. The van der Waals surface area contributed by atoms with E-state index < -0.39 is 39.5 Å². The van der Waals surface area contributed by atoms with Gasteiger partial charge in [0.2, 0.25) is 9.84 Å². The van der Waals surface area contributed by atoms with E-state index in [0.717, 1.165) is 0 Å². The van der Waals surface area contributed by atoms with Crippen molar-refractivity contribution in [3.63, 3.8) is 0 Å². The fraction of sp³-hybridized carbons (Fsp3) is 0.0952. The molecule has 0 aliphatic carbocycles. The monoisotopic (exact) mass is 451 g/mol. The lowest BCUT2D eigenvalue weighted by atomic mass is 10.2. The van der Waals surface area contributed by atoms with Gasteiger partial charge in [-0.05, 0) is 36.4 Å². The fourth-order valence-electron chi connectivity index (χ4n) is 3.15. The third kappa shape index (κ3) is 3.70. The number of hydrogen-bond acceptors (Lipinski definition) is 4. The van der Waals surface area contributed by atoms with Crippen LogP contribution in [0.3, 0.4) is 0 Å². The van der Waals surface area contributed by atoms with Gasteiger partial charge in [0.1, 0.15) is 20.7 Å². The number of fused-ring (bicyclic) bond motifs is 2. The van der Waals surface area contributed by atoms with Crippen LogP contribution >= 0.6 is 0 Å². The third-order valence-corrected chi connectivity index (χ3v) is 8.84. The van der Waals surface area contributed by atoms with Crippen LogP contribution in [0.4, 0.5) is 13.2 Å². The maximum Gasteiger partial charge on any atom is 0.422 e. The fourth-order valence-corrected chi connectivity index (χ4v) is 7.90. The van der Waals surface area contributed by atoms with Crippen molar-refractivity contribution in [2.75, 3.05) is 6.61 Å². The molecule has 1 aliphatic rings. The van der Waals surface area contributed by atoms with E-state index in [2.05, 4.69) is 4.74 Å². The molecular weight excluding hydrogens is 437 g/mol. The normalized spacial score (nSPS) is 15.2. The highest BCUT2D eigenvalue weighted by Gasteiger charge is 2.45. The Morgan fingerprint density at radius 3 is 2.00 bits per heavy atom. The highest BCUT2D eigenvalue weighted by Crippen LogP contribution is 2.44. The molecule has 4 rings (SSSR count). The number of ether oxygens (including phenoxy) is 1. The van der Waals surface area contributed by atoms with Crippen molar-refractivity contribution in [1.82, 2.24) is 0 Å². The Morgan fingerprint density at radius 2 is 1.43 bits per heavy atom. The molecular formula is C21H14F3O4S2+. The average molecular weight is 451 g/mol. The van der Waals surface area contributed by atoms with Gasteiger partial charge in [0, 0.05) is 6.07 Å². The summed E-state index contributed by atoms with van der Waals surface area (Å²) in [6, 6.07) is 19.3. The van der Waals surface area contributed by atoms with Crippen molar-refractivity contribution in [3.05, 3.63) is 78.4 Å². The van der Waals surface area contributed by atoms with Crippen LogP contribution in [0, 0.1) is 0 Å². The van der Waals surface area contributed by atoms with Gasteiger partial charge in [-0.25, -0.2) is 13.2 Å². The summed E-state index contributed by atoms with van der Waals surface area (Å²) in [6.45, 7) is -1.67. The Morgan fingerprint density at radius 1 is 0.867 bits per heavy atom. The van der Waals surface area contributed by atoms with Crippen LogP contribution in [0.1, 0.15) is 10.4 Å². The number of halogens is 3. The molecule has 0 atom stereocenters. The van der Waals surface area contributed by atoms with Crippen molar-refractivity contribution >= 4 is 26.7 Å². The molecule has 0 fully saturated rings.